The summed E-state index contributed by atoms with van der Waals surface area (Å²) in [6.45, 7) is 5.43. The summed E-state index contributed by atoms with van der Waals surface area (Å²) in [5.41, 5.74) is 0. The van der Waals surface area contributed by atoms with Crippen LogP contribution >= 0.6 is 0 Å². The van der Waals surface area contributed by atoms with E-state index in [1.54, 1.807) is 0 Å². The number of nitrogens with zero attached hydrogens (tertiary/aromatic N) is 1. The van der Waals surface area contributed by atoms with Gasteiger partial charge in [-0.05, 0) is 39.3 Å². The van der Waals surface area contributed by atoms with Crippen LogP contribution in [0, 0.1) is 0 Å². The first-order chi connectivity index (χ1) is 7.86. The zero-order chi connectivity index (χ0) is 11.4. The minimum atomic E-state index is 0.601. The Morgan fingerprint density at radius 2 is 2.19 bits per heavy atom. The number of likely N-dealkylation sites (N-methyl/N-ethyl adjacent to an activating group) is 1. The van der Waals surface area contributed by atoms with E-state index in [0.717, 1.165) is 25.7 Å². The van der Waals surface area contributed by atoms with Crippen molar-refractivity contribution in [2.75, 3.05) is 26.8 Å². The molecule has 0 bridgehead atoms. The predicted octanol–water partition coefficient (Wildman–Crippen LogP) is 1.63. The van der Waals surface area contributed by atoms with E-state index in [0.29, 0.717) is 12.1 Å². The Balaban J connectivity index is 2.01. The van der Waals surface area contributed by atoms with Crippen LogP contribution in [0.1, 0.15) is 39.0 Å². The maximum absolute atomic E-state index is 5.68. The maximum atomic E-state index is 5.68. The first kappa shape index (κ1) is 12.3. The van der Waals surface area contributed by atoms with Crippen molar-refractivity contribution in [3.8, 4) is 0 Å². The van der Waals surface area contributed by atoms with Crippen molar-refractivity contribution in [1.29, 1.82) is 0 Å². The van der Waals surface area contributed by atoms with E-state index in [2.05, 4.69) is 24.2 Å². The summed E-state index contributed by atoms with van der Waals surface area (Å²) in [6, 6.07) is 2.01. The molecule has 0 radical (unpaired) electrons. The van der Waals surface area contributed by atoms with Gasteiger partial charge in [0.15, 0.2) is 0 Å². The number of hydrogen-bond donors (Lipinski definition) is 1. The number of hydrogen-bond acceptors (Lipinski definition) is 3. The number of likely N-dealkylation sites (tertiary alicyclic amines) is 1. The Hall–Kier alpha value is -0.120. The topological polar surface area (TPSA) is 24.5 Å². The Kier molecular flexibility index (Phi) is 4.62. The third-order valence-electron chi connectivity index (χ3n) is 4.27. The van der Waals surface area contributed by atoms with Gasteiger partial charge in [-0.1, -0.05) is 13.3 Å². The molecule has 16 heavy (non-hydrogen) atoms. The Bertz CT molecular complexity index is 188. The summed E-state index contributed by atoms with van der Waals surface area (Å²) >= 11 is 0. The highest BCUT2D eigenvalue weighted by Gasteiger charge is 2.34. The van der Waals surface area contributed by atoms with Crippen molar-refractivity contribution < 1.29 is 4.74 Å². The minimum absolute atomic E-state index is 0.601. The molecule has 94 valence electrons. The van der Waals surface area contributed by atoms with E-state index in [9.17, 15) is 0 Å². The molecule has 2 heterocycles. The molecule has 1 N–H and O–H groups in total. The summed E-state index contributed by atoms with van der Waals surface area (Å²) in [5, 5.41) is 3.47. The lowest BCUT2D eigenvalue weighted by atomic mass is 9.93. The first-order valence-corrected chi connectivity index (χ1v) is 6.87. The average molecular weight is 226 g/mol. The van der Waals surface area contributed by atoms with Crippen LogP contribution < -0.4 is 5.32 Å². The molecule has 3 atom stereocenters. The molecule has 2 saturated heterocycles. The van der Waals surface area contributed by atoms with Crippen molar-refractivity contribution in [3.05, 3.63) is 0 Å². The monoisotopic (exact) mass is 226 g/mol. The number of ether oxygens (including phenoxy) is 1. The third kappa shape index (κ3) is 2.58. The Morgan fingerprint density at radius 3 is 2.94 bits per heavy atom. The average Bonchev–Trinajstić information content (AvgIpc) is 2.38. The molecule has 3 nitrogen and oxygen atoms in total. The van der Waals surface area contributed by atoms with E-state index in [-0.39, 0.29) is 0 Å². The van der Waals surface area contributed by atoms with E-state index >= 15 is 0 Å². The van der Waals surface area contributed by atoms with Crippen LogP contribution in [-0.4, -0.2) is 49.8 Å². The first-order valence-electron chi connectivity index (χ1n) is 6.87. The lowest BCUT2D eigenvalue weighted by Gasteiger charge is -2.45. The normalized spacial score (nSPS) is 37.5. The molecular weight excluding hydrogens is 200 g/mol. The smallest absolute Gasteiger partial charge is 0.0637 e. The zero-order valence-electron chi connectivity index (χ0n) is 10.7. The van der Waals surface area contributed by atoms with Gasteiger partial charge in [0.1, 0.15) is 0 Å². The lowest BCUT2D eigenvalue weighted by molar-refractivity contribution is -0.0291. The molecule has 3 unspecified atom stereocenters. The van der Waals surface area contributed by atoms with Crippen molar-refractivity contribution in [2.24, 2.45) is 0 Å². The summed E-state index contributed by atoms with van der Waals surface area (Å²) in [6.07, 6.45) is 6.60. The van der Waals surface area contributed by atoms with E-state index in [1.165, 1.54) is 32.2 Å². The summed E-state index contributed by atoms with van der Waals surface area (Å²) < 4.78 is 5.68. The second kappa shape index (κ2) is 5.99. The molecule has 3 heteroatoms. The standard InChI is InChI=1S/C13H26N2O/c1-3-11-6-4-5-8-15(11)13-10-16-9-7-12(13)14-2/h11-14H,3-10H2,1-2H3. The minimum Gasteiger partial charge on any atom is -0.380 e. The molecule has 0 aromatic carbocycles. The van der Waals surface area contributed by atoms with Crippen LogP contribution in [0.2, 0.25) is 0 Å². The highest BCUT2D eigenvalue weighted by atomic mass is 16.5. The van der Waals surface area contributed by atoms with E-state index in [4.69, 9.17) is 4.74 Å². The van der Waals surface area contributed by atoms with Gasteiger partial charge in [0.25, 0.3) is 0 Å². The molecule has 0 saturated carbocycles. The summed E-state index contributed by atoms with van der Waals surface area (Å²) in [5.74, 6) is 0. The molecule has 2 rings (SSSR count). The molecule has 0 spiro atoms. The maximum Gasteiger partial charge on any atom is 0.0637 e. The van der Waals surface area contributed by atoms with Gasteiger partial charge in [0.2, 0.25) is 0 Å². The molecule has 2 aliphatic rings. The second-order valence-corrected chi connectivity index (χ2v) is 5.12. The van der Waals surface area contributed by atoms with Crippen LogP contribution in [0.25, 0.3) is 0 Å². The van der Waals surface area contributed by atoms with Gasteiger partial charge in [0.05, 0.1) is 6.61 Å². The van der Waals surface area contributed by atoms with Gasteiger partial charge in [-0.3, -0.25) is 4.90 Å². The quantitative estimate of drug-likeness (QED) is 0.791. The SMILES string of the molecule is CCC1CCCCN1C1COCCC1NC. The fourth-order valence-electron chi connectivity index (χ4n) is 3.28. The highest BCUT2D eigenvalue weighted by Crippen LogP contribution is 2.25. The predicted molar refractivity (Wildman–Crippen MR) is 66.7 cm³/mol. The van der Waals surface area contributed by atoms with Gasteiger partial charge < -0.3 is 10.1 Å². The molecule has 0 aliphatic carbocycles. The van der Waals surface area contributed by atoms with Gasteiger partial charge in [-0.25, -0.2) is 0 Å². The lowest BCUT2D eigenvalue weighted by Crippen LogP contribution is -2.58. The van der Waals surface area contributed by atoms with Crippen molar-refractivity contribution >= 4 is 0 Å². The summed E-state index contributed by atoms with van der Waals surface area (Å²) in [4.78, 5) is 2.71. The van der Waals surface area contributed by atoms with E-state index < -0.39 is 0 Å². The fourth-order valence-corrected chi connectivity index (χ4v) is 3.28. The molecule has 0 aromatic heterocycles. The van der Waals surface area contributed by atoms with Crippen molar-refractivity contribution in [2.45, 2.75) is 57.2 Å². The van der Waals surface area contributed by atoms with Gasteiger partial charge in [-0.2, -0.15) is 0 Å². The van der Waals surface area contributed by atoms with Crippen molar-refractivity contribution in [1.82, 2.24) is 10.2 Å². The second-order valence-electron chi connectivity index (χ2n) is 5.12. The molecule has 2 aliphatic heterocycles. The Labute approximate surface area is 99.5 Å². The van der Waals surface area contributed by atoms with Gasteiger partial charge >= 0.3 is 0 Å². The van der Waals surface area contributed by atoms with E-state index in [1.807, 2.05) is 0 Å². The third-order valence-corrected chi connectivity index (χ3v) is 4.27. The van der Waals surface area contributed by atoms with Crippen molar-refractivity contribution in [3.63, 3.8) is 0 Å². The number of rotatable bonds is 3. The largest absolute Gasteiger partial charge is 0.380 e. The van der Waals surface area contributed by atoms with Crippen LogP contribution in [0.3, 0.4) is 0 Å². The Morgan fingerprint density at radius 1 is 1.31 bits per heavy atom. The van der Waals surface area contributed by atoms with Crippen LogP contribution in [0.15, 0.2) is 0 Å². The van der Waals surface area contributed by atoms with Gasteiger partial charge in [0, 0.05) is 24.7 Å². The summed E-state index contributed by atoms with van der Waals surface area (Å²) in [7, 11) is 2.09. The molecule has 0 amide bonds. The van der Waals surface area contributed by atoms with Crippen LogP contribution in [0.4, 0.5) is 0 Å². The molecule has 2 fully saturated rings. The number of piperidine rings is 1. The number of nitrogens with one attached hydrogen (secondary N) is 1. The van der Waals surface area contributed by atoms with Crippen LogP contribution in [-0.2, 0) is 4.74 Å². The molecular formula is C13H26N2O. The zero-order valence-corrected chi connectivity index (χ0v) is 10.7. The van der Waals surface area contributed by atoms with Crippen LogP contribution in [0.5, 0.6) is 0 Å². The molecule has 0 aromatic rings. The fraction of sp³-hybridized carbons (Fsp3) is 1.00. The highest BCUT2D eigenvalue weighted by molar-refractivity contribution is 4.91. The van der Waals surface area contributed by atoms with Gasteiger partial charge in [-0.15, -0.1) is 0 Å².